The Labute approximate surface area is 234 Å². The highest BCUT2D eigenvalue weighted by molar-refractivity contribution is 9.11. The highest BCUT2D eigenvalue weighted by atomic mass is 79.9. The zero-order chi connectivity index (χ0) is 26.9. The summed E-state index contributed by atoms with van der Waals surface area (Å²) in [5.41, 5.74) is 4.88. The largest absolute Gasteiger partial charge is 0.497 e. The molecule has 6 nitrogen and oxygen atoms in total. The number of rotatable bonds is 5. The first kappa shape index (κ1) is 24.9. The Balaban J connectivity index is 1.49. The summed E-state index contributed by atoms with van der Waals surface area (Å²) in [7, 11) is 1.59. The number of methoxy groups -OCH3 is 1. The summed E-state index contributed by atoms with van der Waals surface area (Å²) >= 11 is 3.59. The summed E-state index contributed by atoms with van der Waals surface area (Å²) in [6.45, 7) is 0. The Morgan fingerprint density at radius 1 is 0.949 bits per heavy atom. The van der Waals surface area contributed by atoms with Gasteiger partial charge in [-0.1, -0.05) is 82.7 Å². The normalized spacial score (nSPS) is 20.3. The second kappa shape index (κ2) is 10.4. The van der Waals surface area contributed by atoms with Crippen molar-refractivity contribution in [3.63, 3.8) is 0 Å². The summed E-state index contributed by atoms with van der Waals surface area (Å²) in [6, 6.07) is 26.2. The second-order valence-electron chi connectivity index (χ2n) is 9.41. The first-order valence-electron chi connectivity index (χ1n) is 12.6. The number of allylic oxidation sites excluding steroid dienone is 5. The molecule has 192 valence electrons. The molecule has 0 radical (unpaired) electrons. The zero-order valence-electron chi connectivity index (χ0n) is 21.1. The van der Waals surface area contributed by atoms with Crippen molar-refractivity contribution >= 4 is 44.7 Å². The standard InChI is InChI=1S/C32H24BrN3O3/c1-39-24-15-12-22(13-16-24)32(38)36-28(20-8-4-2-5-9-20)19-27(35-36)30-29(21-10-6-3-7-11-21)25-18-23(33)14-17-26(25)34-31(30)37/h2-18,25,28H,19H2,1H3. The van der Waals surface area contributed by atoms with Gasteiger partial charge in [-0.3, -0.25) is 9.59 Å². The first-order valence-corrected chi connectivity index (χ1v) is 13.4. The van der Waals surface area contributed by atoms with Gasteiger partial charge in [0.25, 0.3) is 11.8 Å². The van der Waals surface area contributed by atoms with E-state index < -0.39 is 0 Å². The fraction of sp³-hybridized carbons (Fsp3) is 0.125. The van der Waals surface area contributed by atoms with Gasteiger partial charge < -0.3 is 4.74 Å². The van der Waals surface area contributed by atoms with Gasteiger partial charge in [0.15, 0.2) is 0 Å². The molecule has 0 bridgehead atoms. The van der Waals surface area contributed by atoms with Crippen LogP contribution in [0.3, 0.4) is 0 Å². The minimum absolute atomic E-state index is 0.219. The quantitative estimate of drug-likeness (QED) is 0.345. The van der Waals surface area contributed by atoms with Crippen molar-refractivity contribution < 1.29 is 14.3 Å². The van der Waals surface area contributed by atoms with Gasteiger partial charge in [0.2, 0.25) is 0 Å². The Hall–Kier alpha value is -4.36. The molecule has 2 heterocycles. The molecule has 2 atom stereocenters. The third-order valence-electron chi connectivity index (χ3n) is 7.10. The maximum Gasteiger partial charge on any atom is 0.279 e. The summed E-state index contributed by atoms with van der Waals surface area (Å²) in [5.74, 6) is -0.153. The smallest absolute Gasteiger partial charge is 0.279 e. The topological polar surface area (TPSA) is 71.3 Å². The molecule has 0 fully saturated rings. The number of halogens is 1. The van der Waals surface area contributed by atoms with Gasteiger partial charge in [0.05, 0.1) is 30.1 Å². The van der Waals surface area contributed by atoms with Gasteiger partial charge in [-0.25, -0.2) is 10.0 Å². The molecule has 2 unspecified atom stereocenters. The Kier molecular flexibility index (Phi) is 6.67. The number of carbonyl (C=O) groups excluding carboxylic acids is 2. The van der Waals surface area contributed by atoms with Crippen molar-refractivity contribution in [2.24, 2.45) is 16.0 Å². The number of ether oxygens (including phenoxy) is 1. The number of carbonyl (C=O) groups is 2. The average Bonchev–Trinajstić information content (AvgIpc) is 3.42. The van der Waals surface area contributed by atoms with Gasteiger partial charge in [-0.15, -0.1) is 0 Å². The lowest BCUT2D eigenvalue weighted by Gasteiger charge is -2.27. The van der Waals surface area contributed by atoms with Crippen LogP contribution < -0.4 is 4.74 Å². The van der Waals surface area contributed by atoms with Gasteiger partial charge in [0, 0.05) is 22.4 Å². The van der Waals surface area contributed by atoms with Gasteiger partial charge in [-0.2, -0.15) is 5.10 Å². The van der Waals surface area contributed by atoms with Crippen LogP contribution in [0.5, 0.6) is 5.75 Å². The zero-order valence-corrected chi connectivity index (χ0v) is 22.7. The third kappa shape index (κ3) is 4.70. The molecule has 0 aromatic heterocycles. The van der Waals surface area contributed by atoms with Crippen LogP contribution in [0.15, 0.2) is 123 Å². The molecule has 0 spiro atoms. The molecule has 2 aliphatic heterocycles. The average molecular weight is 578 g/mol. The molecule has 6 rings (SSSR count). The number of aliphatic imine (C=N–C) groups is 1. The number of benzene rings is 3. The Bertz CT molecular complexity index is 1600. The first-order chi connectivity index (χ1) is 19.0. The minimum Gasteiger partial charge on any atom is -0.497 e. The SMILES string of the molecule is COc1ccc(C(=O)N2N=C(C3=C(c4ccccc4)C4C=C(Br)C=CC4=NC3=O)CC2c2ccccc2)cc1. The van der Waals surface area contributed by atoms with E-state index in [1.165, 1.54) is 5.01 Å². The van der Waals surface area contributed by atoms with E-state index in [4.69, 9.17) is 9.84 Å². The van der Waals surface area contributed by atoms with Crippen molar-refractivity contribution in [2.75, 3.05) is 7.11 Å². The third-order valence-corrected chi connectivity index (χ3v) is 7.62. The number of dihydropyridines is 1. The maximum atomic E-state index is 13.8. The van der Waals surface area contributed by atoms with Crippen molar-refractivity contribution in [1.82, 2.24) is 5.01 Å². The molecule has 3 aromatic rings. The van der Waals surface area contributed by atoms with Crippen LogP contribution in [0, 0.1) is 5.92 Å². The molecule has 39 heavy (non-hydrogen) atoms. The summed E-state index contributed by atoms with van der Waals surface area (Å²) in [6.07, 6.45) is 6.21. The van der Waals surface area contributed by atoms with Gasteiger partial charge in [-0.05, 0) is 53.1 Å². The maximum absolute atomic E-state index is 13.8. The number of nitrogens with zero attached hydrogens (tertiary/aromatic N) is 3. The van der Waals surface area contributed by atoms with Gasteiger partial charge >= 0.3 is 0 Å². The predicted molar refractivity (Wildman–Crippen MR) is 156 cm³/mol. The number of hydrazone groups is 1. The lowest BCUT2D eigenvalue weighted by molar-refractivity contribution is -0.113. The van der Waals surface area contributed by atoms with Crippen LogP contribution in [0.1, 0.15) is 33.9 Å². The van der Waals surface area contributed by atoms with E-state index >= 15 is 0 Å². The fourth-order valence-electron chi connectivity index (χ4n) is 5.22. The highest BCUT2D eigenvalue weighted by Crippen LogP contribution is 2.41. The number of hydrogen-bond donors (Lipinski definition) is 0. The van der Waals surface area contributed by atoms with E-state index in [2.05, 4.69) is 27.0 Å². The summed E-state index contributed by atoms with van der Waals surface area (Å²) < 4.78 is 6.17. The van der Waals surface area contributed by atoms with Crippen molar-refractivity contribution in [2.45, 2.75) is 12.5 Å². The molecule has 0 saturated heterocycles. The molecule has 1 aliphatic carbocycles. The van der Waals surface area contributed by atoms with Crippen LogP contribution >= 0.6 is 15.9 Å². The molecule has 0 saturated carbocycles. The van der Waals surface area contributed by atoms with Crippen molar-refractivity contribution in [3.05, 3.63) is 130 Å². The molecule has 3 aliphatic rings. The highest BCUT2D eigenvalue weighted by Gasteiger charge is 2.40. The molecule has 3 aromatic carbocycles. The lowest BCUT2D eigenvalue weighted by Crippen LogP contribution is -2.27. The summed E-state index contributed by atoms with van der Waals surface area (Å²) in [5, 5.41) is 6.34. The van der Waals surface area contributed by atoms with Gasteiger partial charge in [0.1, 0.15) is 5.75 Å². The molecule has 0 N–H and O–H groups in total. The Morgan fingerprint density at radius 2 is 1.64 bits per heavy atom. The molecular formula is C32H24BrN3O3. The van der Waals surface area contributed by atoms with E-state index in [1.807, 2.05) is 72.8 Å². The van der Waals surface area contributed by atoms with E-state index in [1.54, 1.807) is 31.4 Å². The number of hydrogen-bond acceptors (Lipinski definition) is 4. The van der Waals surface area contributed by atoms with Crippen LogP contribution in [-0.2, 0) is 4.79 Å². The van der Waals surface area contributed by atoms with E-state index in [0.29, 0.717) is 34.7 Å². The Morgan fingerprint density at radius 3 is 2.33 bits per heavy atom. The monoisotopic (exact) mass is 577 g/mol. The van der Waals surface area contributed by atoms with Crippen molar-refractivity contribution in [1.29, 1.82) is 0 Å². The molecule has 7 heteroatoms. The minimum atomic E-state index is -0.368. The lowest BCUT2D eigenvalue weighted by atomic mass is 9.79. The predicted octanol–water partition coefficient (Wildman–Crippen LogP) is 6.54. The van der Waals surface area contributed by atoms with Crippen molar-refractivity contribution in [3.8, 4) is 5.75 Å². The molecule has 2 amide bonds. The van der Waals surface area contributed by atoms with Crippen LogP contribution in [0.25, 0.3) is 5.57 Å². The summed E-state index contributed by atoms with van der Waals surface area (Å²) in [4.78, 5) is 31.9. The number of amides is 2. The van der Waals surface area contributed by atoms with E-state index in [0.717, 1.165) is 21.2 Å². The number of fused-ring (bicyclic) bond motifs is 1. The van der Waals surface area contributed by atoms with E-state index in [-0.39, 0.29) is 23.8 Å². The van der Waals surface area contributed by atoms with Crippen LogP contribution in [0.2, 0.25) is 0 Å². The fourth-order valence-corrected chi connectivity index (χ4v) is 5.62. The van der Waals surface area contributed by atoms with Crippen LogP contribution in [-0.4, -0.2) is 35.4 Å². The van der Waals surface area contributed by atoms with Crippen LogP contribution in [0.4, 0.5) is 0 Å². The molecular weight excluding hydrogens is 554 g/mol. The van der Waals surface area contributed by atoms with E-state index in [9.17, 15) is 9.59 Å². The second-order valence-corrected chi connectivity index (χ2v) is 10.3.